The number of benzene rings is 2. The van der Waals surface area contributed by atoms with Crippen molar-refractivity contribution in [2.24, 2.45) is 10.2 Å². The van der Waals surface area contributed by atoms with Crippen LogP contribution < -0.4 is 4.90 Å². The minimum absolute atomic E-state index is 0. The molecule has 0 spiro atoms. The van der Waals surface area contributed by atoms with Gasteiger partial charge < -0.3 is 4.90 Å². The summed E-state index contributed by atoms with van der Waals surface area (Å²) in [7, 11) is -0.273. The van der Waals surface area contributed by atoms with E-state index in [9.17, 15) is 8.42 Å². The van der Waals surface area contributed by atoms with Gasteiger partial charge in [-0.25, -0.2) is 0 Å². The fraction of sp³-hybridized carbons (Fsp3) is 0.143. The van der Waals surface area contributed by atoms with Crippen molar-refractivity contribution in [3.05, 3.63) is 48.5 Å². The van der Waals surface area contributed by atoms with Gasteiger partial charge in [0.05, 0.1) is 16.3 Å². The zero-order valence-electron chi connectivity index (χ0n) is 11.6. The first kappa shape index (κ1) is 18.8. The fourth-order valence-electron chi connectivity index (χ4n) is 1.62. The van der Waals surface area contributed by atoms with E-state index < -0.39 is 10.1 Å². The molecular formula is C14H16N3NaO3S. The summed E-state index contributed by atoms with van der Waals surface area (Å²) in [6.45, 7) is 0. The molecule has 0 radical (unpaired) electrons. The van der Waals surface area contributed by atoms with Gasteiger partial charge in [0.2, 0.25) is 0 Å². The van der Waals surface area contributed by atoms with E-state index in [0.29, 0.717) is 11.4 Å². The van der Waals surface area contributed by atoms with Crippen molar-refractivity contribution in [2.45, 2.75) is 4.90 Å². The molecular weight excluding hydrogens is 313 g/mol. The van der Waals surface area contributed by atoms with Gasteiger partial charge in [0.1, 0.15) is 0 Å². The molecule has 0 amide bonds. The Balaban J connectivity index is 0.00000242. The maximum absolute atomic E-state index is 10.9. The third-order valence-electron chi connectivity index (χ3n) is 2.78. The molecule has 2 aromatic carbocycles. The number of azo groups is 1. The summed E-state index contributed by atoms with van der Waals surface area (Å²) in [5.41, 5.74) is 2.25. The molecule has 2 rings (SSSR count). The van der Waals surface area contributed by atoms with Gasteiger partial charge in [-0.15, -0.1) is 0 Å². The Hall–Kier alpha value is -1.25. The molecule has 0 aliphatic carbocycles. The zero-order valence-corrected chi connectivity index (χ0v) is 12.4. The molecule has 0 bridgehead atoms. The van der Waals surface area contributed by atoms with Crippen molar-refractivity contribution < 1.29 is 13.0 Å². The van der Waals surface area contributed by atoms with Crippen LogP contribution in [-0.4, -0.2) is 56.6 Å². The van der Waals surface area contributed by atoms with Crippen LogP contribution in [0.2, 0.25) is 0 Å². The van der Waals surface area contributed by atoms with Gasteiger partial charge in [-0.2, -0.15) is 18.6 Å². The van der Waals surface area contributed by atoms with Crippen LogP contribution in [0.15, 0.2) is 63.7 Å². The van der Waals surface area contributed by atoms with Crippen molar-refractivity contribution in [3.63, 3.8) is 0 Å². The molecule has 112 valence electrons. The number of nitrogens with zero attached hydrogens (tertiary/aromatic N) is 3. The standard InChI is InChI=1S/C14H15N3O3S.Na.H/c1-17(2)13-7-3-11(4-8-13)15-16-12-5-9-14(10-6-12)21(18,19)20;;/h3-10H,1-2H3,(H,18,19,20);;/b16-15+;;. The van der Waals surface area contributed by atoms with Crippen molar-refractivity contribution in [1.29, 1.82) is 0 Å². The average Bonchev–Trinajstić information content (AvgIpc) is 2.45. The van der Waals surface area contributed by atoms with Gasteiger partial charge in [0, 0.05) is 19.8 Å². The van der Waals surface area contributed by atoms with Crippen molar-refractivity contribution in [3.8, 4) is 0 Å². The third kappa shape index (κ3) is 5.19. The molecule has 0 fully saturated rings. The van der Waals surface area contributed by atoms with Crippen molar-refractivity contribution in [1.82, 2.24) is 0 Å². The Kier molecular flexibility index (Phi) is 6.70. The normalized spacial score (nSPS) is 11.2. The van der Waals surface area contributed by atoms with Crippen LogP contribution in [0.1, 0.15) is 0 Å². The summed E-state index contributed by atoms with van der Waals surface area (Å²) in [5, 5.41) is 8.07. The van der Waals surface area contributed by atoms with E-state index in [-0.39, 0.29) is 34.5 Å². The van der Waals surface area contributed by atoms with Crippen LogP contribution in [0.3, 0.4) is 0 Å². The second-order valence-electron chi connectivity index (χ2n) is 4.58. The zero-order chi connectivity index (χ0) is 15.5. The Morgan fingerprint density at radius 2 is 1.27 bits per heavy atom. The van der Waals surface area contributed by atoms with Crippen molar-refractivity contribution >= 4 is 56.7 Å². The molecule has 0 aromatic heterocycles. The first-order chi connectivity index (χ1) is 9.86. The molecule has 8 heteroatoms. The van der Waals surface area contributed by atoms with Crippen molar-refractivity contribution in [2.75, 3.05) is 19.0 Å². The first-order valence-corrected chi connectivity index (χ1v) is 7.57. The number of hydrogen-bond acceptors (Lipinski definition) is 5. The van der Waals surface area contributed by atoms with Gasteiger partial charge >= 0.3 is 29.6 Å². The van der Waals surface area contributed by atoms with E-state index in [1.165, 1.54) is 24.3 Å². The maximum atomic E-state index is 10.9. The molecule has 0 unspecified atom stereocenters. The summed E-state index contributed by atoms with van der Waals surface area (Å²) < 4.78 is 30.7. The predicted octanol–water partition coefficient (Wildman–Crippen LogP) is 2.77. The van der Waals surface area contributed by atoms with E-state index >= 15 is 0 Å². The Labute approximate surface area is 151 Å². The van der Waals surface area contributed by atoms with Gasteiger partial charge in [-0.1, -0.05) is 0 Å². The topological polar surface area (TPSA) is 82.3 Å². The number of hydrogen-bond donors (Lipinski definition) is 1. The molecule has 0 saturated heterocycles. The van der Waals surface area contributed by atoms with Gasteiger partial charge in [-0.3, -0.25) is 4.55 Å². The molecule has 0 atom stereocenters. The fourth-order valence-corrected chi connectivity index (χ4v) is 2.10. The third-order valence-corrected chi connectivity index (χ3v) is 3.65. The van der Waals surface area contributed by atoms with Crippen LogP contribution >= 0.6 is 0 Å². The Bertz CT molecular complexity index is 742. The quantitative estimate of drug-likeness (QED) is 0.531. The van der Waals surface area contributed by atoms with E-state index in [0.717, 1.165) is 5.69 Å². The summed E-state index contributed by atoms with van der Waals surface area (Å²) in [6.07, 6.45) is 0. The summed E-state index contributed by atoms with van der Waals surface area (Å²) in [5.74, 6) is 0. The van der Waals surface area contributed by atoms with E-state index in [2.05, 4.69) is 10.2 Å². The Morgan fingerprint density at radius 1 is 0.864 bits per heavy atom. The van der Waals surface area contributed by atoms with E-state index in [1.54, 1.807) is 0 Å². The average molecular weight is 329 g/mol. The first-order valence-electron chi connectivity index (χ1n) is 6.13. The molecule has 6 nitrogen and oxygen atoms in total. The van der Waals surface area contributed by atoms with Crippen LogP contribution in [0.5, 0.6) is 0 Å². The number of anilines is 1. The molecule has 0 heterocycles. The SMILES string of the molecule is CN(C)c1ccc(/N=N/c2ccc(S(=O)(=O)O)cc2)cc1.[NaH]. The Morgan fingerprint density at radius 3 is 1.64 bits per heavy atom. The predicted molar refractivity (Wildman–Crippen MR) is 88.4 cm³/mol. The molecule has 0 aliphatic heterocycles. The van der Waals surface area contributed by atoms with Crippen LogP contribution in [-0.2, 0) is 10.1 Å². The van der Waals surface area contributed by atoms with Gasteiger partial charge in [-0.05, 0) is 48.5 Å². The molecule has 0 saturated carbocycles. The number of rotatable bonds is 4. The minimum atomic E-state index is -4.18. The second kappa shape index (κ2) is 7.85. The molecule has 1 N–H and O–H groups in total. The summed E-state index contributed by atoms with van der Waals surface area (Å²) in [6, 6.07) is 13.0. The van der Waals surface area contributed by atoms with Crippen LogP contribution in [0.4, 0.5) is 17.1 Å². The van der Waals surface area contributed by atoms with E-state index in [4.69, 9.17) is 4.55 Å². The monoisotopic (exact) mass is 329 g/mol. The second-order valence-corrected chi connectivity index (χ2v) is 6.00. The van der Waals surface area contributed by atoms with Gasteiger partial charge in [0.15, 0.2) is 0 Å². The van der Waals surface area contributed by atoms with Gasteiger partial charge in [0.25, 0.3) is 10.1 Å². The summed E-state index contributed by atoms with van der Waals surface area (Å²) in [4.78, 5) is 1.81. The van der Waals surface area contributed by atoms with Crippen LogP contribution in [0, 0.1) is 0 Å². The molecule has 2 aromatic rings. The summed E-state index contributed by atoms with van der Waals surface area (Å²) >= 11 is 0. The molecule has 22 heavy (non-hydrogen) atoms. The van der Waals surface area contributed by atoms with E-state index in [1.807, 2.05) is 43.3 Å². The molecule has 0 aliphatic rings. The van der Waals surface area contributed by atoms with Crippen LogP contribution in [0.25, 0.3) is 0 Å².